The van der Waals surface area contributed by atoms with Gasteiger partial charge in [-0.05, 0) is 13.3 Å². The van der Waals surface area contributed by atoms with Crippen LogP contribution in [0.25, 0.3) is 0 Å². The second-order valence-electron chi connectivity index (χ2n) is 5.58. The van der Waals surface area contributed by atoms with Gasteiger partial charge in [-0.2, -0.15) is 0 Å². The number of aromatic nitrogens is 2. The Morgan fingerprint density at radius 2 is 2.29 bits per heavy atom. The first-order valence-electron chi connectivity index (χ1n) is 7.55. The number of amides is 2. The van der Waals surface area contributed by atoms with Gasteiger partial charge in [0.25, 0.3) is 0 Å². The minimum Gasteiger partial charge on any atom is -0.370 e. The van der Waals surface area contributed by atoms with Gasteiger partial charge in [-0.15, -0.1) is 0 Å². The predicted octanol–water partition coefficient (Wildman–Crippen LogP) is 0.821. The quantitative estimate of drug-likeness (QED) is 0.859. The Hall–Kier alpha value is -2.05. The molecule has 1 aromatic rings. The van der Waals surface area contributed by atoms with Crippen LogP contribution in [-0.2, 0) is 0 Å². The Labute approximate surface area is 124 Å². The molecule has 0 radical (unpaired) electrons. The lowest BCUT2D eigenvalue weighted by Crippen LogP contribution is -2.52. The summed E-state index contributed by atoms with van der Waals surface area (Å²) < 4.78 is 0. The summed E-state index contributed by atoms with van der Waals surface area (Å²) in [6.07, 6.45) is 2.68. The molecular formula is C14H22N6O. The number of hydrogen-bond acceptors (Lipinski definition) is 5. The molecule has 7 nitrogen and oxygen atoms in total. The zero-order chi connectivity index (χ0) is 14.8. The molecule has 0 bridgehead atoms. The molecule has 114 valence electrons. The van der Waals surface area contributed by atoms with Crippen LogP contribution >= 0.6 is 0 Å². The van der Waals surface area contributed by atoms with Crippen LogP contribution in [-0.4, -0.2) is 59.7 Å². The smallest absolute Gasteiger partial charge is 0.317 e. The molecule has 2 aliphatic heterocycles. The van der Waals surface area contributed by atoms with Crippen LogP contribution in [0.3, 0.4) is 0 Å². The Balaban J connectivity index is 1.76. The summed E-state index contributed by atoms with van der Waals surface area (Å²) in [4.78, 5) is 24.6. The number of anilines is 2. The van der Waals surface area contributed by atoms with E-state index in [1.54, 1.807) is 6.33 Å². The number of nitrogens with one attached hydrogen (secondary N) is 2. The molecule has 0 aliphatic carbocycles. The molecule has 3 rings (SSSR count). The van der Waals surface area contributed by atoms with Gasteiger partial charge in [-0.3, -0.25) is 0 Å². The van der Waals surface area contributed by atoms with Crippen molar-refractivity contribution in [3.63, 3.8) is 0 Å². The predicted molar refractivity (Wildman–Crippen MR) is 81.7 cm³/mol. The van der Waals surface area contributed by atoms with E-state index < -0.39 is 0 Å². The standard InChI is InChI=1S/C14H22N6O/c1-3-4-15-12-10(2)13(18-9-17-12)19-5-6-20-11(8-19)7-16-14(20)21/h9,11H,3-8H2,1-2H3,(H,16,21)(H,15,17,18). The van der Waals surface area contributed by atoms with Crippen molar-refractivity contribution in [2.75, 3.05) is 42.9 Å². The highest BCUT2D eigenvalue weighted by molar-refractivity contribution is 5.77. The fraction of sp³-hybridized carbons (Fsp3) is 0.643. The van der Waals surface area contributed by atoms with Gasteiger partial charge in [-0.25, -0.2) is 14.8 Å². The van der Waals surface area contributed by atoms with Crippen molar-refractivity contribution in [3.05, 3.63) is 11.9 Å². The highest BCUT2D eigenvalue weighted by Crippen LogP contribution is 2.25. The molecular weight excluding hydrogens is 268 g/mol. The van der Waals surface area contributed by atoms with Crippen LogP contribution < -0.4 is 15.5 Å². The highest BCUT2D eigenvalue weighted by atomic mass is 16.2. The van der Waals surface area contributed by atoms with E-state index in [1.807, 2.05) is 4.90 Å². The van der Waals surface area contributed by atoms with Gasteiger partial charge in [0.2, 0.25) is 0 Å². The summed E-state index contributed by atoms with van der Waals surface area (Å²) in [7, 11) is 0. The van der Waals surface area contributed by atoms with Crippen LogP contribution in [0.5, 0.6) is 0 Å². The molecule has 1 unspecified atom stereocenters. The Morgan fingerprint density at radius 3 is 3.10 bits per heavy atom. The summed E-state index contributed by atoms with van der Waals surface area (Å²) >= 11 is 0. The van der Waals surface area contributed by atoms with Crippen LogP contribution in [0.4, 0.5) is 16.4 Å². The van der Waals surface area contributed by atoms with Crippen LogP contribution in [0.1, 0.15) is 18.9 Å². The average molecular weight is 290 g/mol. The molecule has 0 aromatic carbocycles. The lowest BCUT2D eigenvalue weighted by atomic mass is 10.1. The average Bonchev–Trinajstić information content (AvgIpc) is 2.87. The summed E-state index contributed by atoms with van der Waals surface area (Å²) in [6, 6.07) is 0.303. The van der Waals surface area contributed by atoms with Gasteiger partial charge in [0.05, 0.1) is 6.04 Å². The number of nitrogens with zero attached hydrogens (tertiary/aromatic N) is 4. The van der Waals surface area contributed by atoms with E-state index in [4.69, 9.17) is 0 Å². The summed E-state index contributed by atoms with van der Waals surface area (Å²) in [5.41, 5.74) is 1.08. The molecule has 2 aliphatic rings. The number of piperazine rings is 1. The topological polar surface area (TPSA) is 73.4 Å². The monoisotopic (exact) mass is 290 g/mol. The molecule has 2 N–H and O–H groups in total. The van der Waals surface area contributed by atoms with E-state index in [0.29, 0.717) is 0 Å². The minimum atomic E-state index is 0.0596. The van der Waals surface area contributed by atoms with Gasteiger partial charge in [0.1, 0.15) is 18.0 Å². The minimum absolute atomic E-state index is 0.0596. The fourth-order valence-electron chi connectivity index (χ4n) is 2.98. The highest BCUT2D eigenvalue weighted by Gasteiger charge is 2.36. The first kappa shape index (κ1) is 13.9. The molecule has 2 amide bonds. The zero-order valence-corrected chi connectivity index (χ0v) is 12.6. The summed E-state index contributed by atoms with van der Waals surface area (Å²) in [5, 5.41) is 6.24. The van der Waals surface area contributed by atoms with E-state index >= 15 is 0 Å². The number of rotatable bonds is 4. The number of carbonyl (C=O) groups excluding carboxylic acids is 1. The van der Waals surface area contributed by atoms with E-state index in [1.165, 1.54) is 0 Å². The van der Waals surface area contributed by atoms with Gasteiger partial charge in [-0.1, -0.05) is 6.92 Å². The number of hydrogen-bond donors (Lipinski definition) is 2. The van der Waals surface area contributed by atoms with Crippen LogP contribution in [0.2, 0.25) is 0 Å². The number of urea groups is 1. The molecule has 1 atom stereocenters. The third kappa shape index (κ3) is 2.59. The van der Waals surface area contributed by atoms with Crippen molar-refractivity contribution >= 4 is 17.7 Å². The van der Waals surface area contributed by atoms with Crippen molar-refractivity contribution in [2.24, 2.45) is 0 Å². The largest absolute Gasteiger partial charge is 0.370 e. The molecule has 2 saturated heterocycles. The first-order valence-corrected chi connectivity index (χ1v) is 7.55. The van der Waals surface area contributed by atoms with Crippen molar-refractivity contribution in [1.82, 2.24) is 20.2 Å². The lowest BCUT2D eigenvalue weighted by molar-refractivity contribution is 0.197. The molecule has 7 heteroatoms. The zero-order valence-electron chi connectivity index (χ0n) is 12.6. The third-order valence-corrected chi connectivity index (χ3v) is 4.13. The van der Waals surface area contributed by atoms with Crippen molar-refractivity contribution < 1.29 is 4.79 Å². The van der Waals surface area contributed by atoms with Gasteiger partial charge in [0.15, 0.2) is 0 Å². The van der Waals surface area contributed by atoms with E-state index in [2.05, 4.69) is 39.3 Å². The first-order chi connectivity index (χ1) is 10.2. The molecule has 1 aromatic heterocycles. The normalized spacial score (nSPS) is 21.2. The van der Waals surface area contributed by atoms with Gasteiger partial charge >= 0.3 is 6.03 Å². The van der Waals surface area contributed by atoms with Crippen LogP contribution in [0, 0.1) is 6.92 Å². The maximum Gasteiger partial charge on any atom is 0.317 e. The van der Waals surface area contributed by atoms with E-state index in [-0.39, 0.29) is 12.1 Å². The molecule has 21 heavy (non-hydrogen) atoms. The summed E-state index contributed by atoms with van der Waals surface area (Å²) in [6.45, 7) is 8.20. The Kier molecular flexibility index (Phi) is 3.81. The second-order valence-corrected chi connectivity index (χ2v) is 5.58. The molecule has 3 heterocycles. The van der Waals surface area contributed by atoms with E-state index in [0.717, 1.165) is 56.3 Å². The number of fused-ring (bicyclic) bond motifs is 1. The lowest BCUT2D eigenvalue weighted by Gasteiger charge is -2.37. The van der Waals surface area contributed by atoms with Crippen molar-refractivity contribution in [3.8, 4) is 0 Å². The van der Waals surface area contributed by atoms with Gasteiger partial charge in [0, 0.05) is 38.3 Å². The van der Waals surface area contributed by atoms with E-state index in [9.17, 15) is 4.79 Å². The maximum absolute atomic E-state index is 11.7. The SMILES string of the molecule is CCCNc1ncnc(N2CCN3C(=O)NCC3C2)c1C. The molecule has 2 fully saturated rings. The van der Waals surface area contributed by atoms with Crippen molar-refractivity contribution in [2.45, 2.75) is 26.3 Å². The maximum atomic E-state index is 11.7. The van der Waals surface area contributed by atoms with Gasteiger partial charge < -0.3 is 20.4 Å². The number of carbonyl (C=O) groups is 1. The van der Waals surface area contributed by atoms with Crippen LogP contribution in [0.15, 0.2) is 6.33 Å². The Bertz CT molecular complexity index is 534. The fourth-order valence-corrected chi connectivity index (χ4v) is 2.98. The second kappa shape index (κ2) is 5.75. The summed E-state index contributed by atoms with van der Waals surface area (Å²) in [5.74, 6) is 1.88. The molecule has 0 saturated carbocycles. The third-order valence-electron chi connectivity index (χ3n) is 4.13. The molecule has 0 spiro atoms. The Morgan fingerprint density at radius 1 is 1.43 bits per heavy atom. The van der Waals surface area contributed by atoms with Crippen molar-refractivity contribution in [1.29, 1.82) is 0 Å².